The number of nitrogens with two attached hydrogens (primary N) is 1. The Morgan fingerprint density at radius 1 is 1.17 bits per heavy atom. The maximum Gasteiger partial charge on any atom is 0.305 e. The summed E-state index contributed by atoms with van der Waals surface area (Å²) in [5.41, 5.74) is 9.87. The average molecular weight is 331 g/mol. The Morgan fingerprint density at radius 2 is 1.92 bits per heavy atom. The van der Waals surface area contributed by atoms with Gasteiger partial charge in [0.25, 0.3) is 0 Å². The lowest BCUT2D eigenvalue weighted by Crippen LogP contribution is -2.22. The summed E-state index contributed by atoms with van der Waals surface area (Å²) in [5.74, 6) is 0.364. The third-order valence-electron chi connectivity index (χ3n) is 4.42. The monoisotopic (exact) mass is 331 g/mol. The van der Waals surface area contributed by atoms with Crippen molar-refractivity contribution in [2.45, 2.75) is 57.8 Å². The van der Waals surface area contributed by atoms with Crippen LogP contribution in [0.15, 0.2) is 23.2 Å². The van der Waals surface area contributed by atoms with E-state index >= 15 is 0 Å². The van der Waals surface area contributed by atoms with Crippen molar-refractivity contribution in [3.05, 3.63) is 29.3 Å². The van der Waals surface area contributed by atoms with Crippen molar-refractivity contribution in [3.63, 3.8) is 0 Å². The number of aryl methyl sites for hydroxylation is 2. The number of nitrogens with zero attached hydrogens (tertiary/aromatic N) is 1. The number of hydrogen-bond donors (Lipinski definition) is 2. The van der Waals surface area contributed by atoms with E-state index in [0.717, 1.165) is 50.8 Å². The van der Waals surface area contributed by atoms with Crippen LogP contribution >= 0.6 is 0 Å². The summed E-state index contributed by atoms with van der Waals surface area (Å²) in [6.45, 7) is 0.737. The van der Waals surface area contributed by atoms with Crippen molar-refractivity contribution in [2.75, 3.05) is 19.0 Å². The molecular formula is C19H29N3O2. The van der Waals surface area contributed by atoms with Crippen LogP contribution < -0.4 is 11.1 Å². The Bertz CT molecular complexity index is 570. The number of nitrogens with one attached hydrogen (secondary N) is 1. The average Bonchev–Trinajstić information content (AvgIpc) is 3.04. The van der Waals surface area contributed by atoms with E-state index < -0.39 is 0 Å². The van der Waals surface area contributed by atoms with E-state index in [1.807, 2.05) is 0 Å². The van der Waals surface area contributed by atoms with Crippen molar-refractivity contribution in [1.82, 2.24) is 0 Å². The first-order valence-electron chi connectivity index (χ1n) is 8.94. The van der Waals surface area contributed by atoms with Crippen LogP contribution in [0.5, 0.6) is 0 Å². The molecule has 0 atom stereocenters. The van der Waals surface area contributed by atoms with Crippen LogP contribution in [0.25, 0.3) is 0 Å². The summed E-state index contributed by atoms with van der Waals surface area (Å²) in [6.07, 6.45) is 9.33. The molecule has 0 aromatic heterocycles. The van der Waals surface area contributed by atoms with Gasteiger partial charge < -0.3 is 15.8 Å². The van der Waals surface area contributed by atoms with Gasteiger partial charge in [0.05, 0.1) is 7.11 Å². The fraction of sp³-hybridized carbons (Fsp3) is 0.579. The number of ether oxygens (including phenoxy) is 1. The lowest BCUT2D eigenvalue weighted by atomic mass is 10.1. The Morgan fingerprint density at radius 3 is 2.75 bits per heavy atom. The molecule has 0 fully saturated rings. The quantitative estimate of drug-likeness (QED) is 0.315. The zero-order valence-electron chi connectivity index (χ0n) is 14.6. The number of benzene rings is 1. The fourth-order valence-corrected chi connectivity index (χ4v) is 3.05. The number of hydrogen-bond acceptors (Lipinski definition) is 3. The van der Waals surface area contributed by atoms with E-state index in [1.165, 1.54) is 31.1 Å². The second kappa shape index (κ2) is 9.96. The van der Waals surface area contributed by atoms with Crippen molar-refractivity contribution in [2.24, 2.45) is 10.7 Å². The lowest BCUT2D eigenvalue weighted by Gasteiger charge is -2.08. The molecule has 3 N–H and O–H groups in total. The summed E-state index contributed by atoms with van der Waals surface area (Å²) in [6, 6.07) is 6.45. The van der Waals surface area contributed by atoms with Gasteiger partial charge in [-0.1, -0.05) is 25.3 Å². The van der Waals surface area contributed by atoms with Crippen LogP contribution in [0.3, 0.4) is 0 Å². The number of rotatable bonds is 9. The maximum absolute atomic E-state index is 11.0. The van der Waals surface area contributed by atoms with Crippen LogP contribution in [0.1, 0.15) is 56.1 Å². The SMILES string of the molecule is COC(=O)CCCCCCCN=C(N)Nc1ccc2c(c1)CCC2. The molecule has 0 bridgehead atoms. The number of carbonyl (C=O) groups excluding carboxylic acids is 1. The maximum atomic E-state index is 11.0. The van der Waals surface area contributed by atoms with Gasteiger partial charge in [-0.3, -0.25) is 9.79 Å². The van der Waals surface area contributed by atoms with Crippen molar-refractivity contribution in [3.8, 4) is 0 Å². The second-order valence-corrected chi connectivity index (χ2v) is 6.32. The third-order valence-corrected chi connectivity index (χ3v) is 4.42. The zero-order valence-corrected chi connectivity index (χ0v) is 14.6. The normalized spacial score (nSPS) is 13.6. The number of unbranched alkanes of at least 4 members (excludes halogenated alkanes) is 4. The number of aliphatic imine (C=N–C) groups is 1. The highest BCUT2D eigenvalue weighted by atomic mass is 16.5. The highest BCUT2D eigenvalue weighted by Crippen LogP contribution is 2.24. The minimum Gasteiger partial charge on any atom is -0.469 e. The molecule has 1 aliphatic carbocycles. The van der Waals surface area contributed by atoms with E-state index in [9.17, 15) is 4.79 Å². The molecule has 1 aliphatic rings. The number of carbonyl (C=O) groups is 1. The van der Waals surface area contributed by atoms with Gasteiger partial charge in [-0.2, -0.15) is 0 Å². The summed E-state index contributed by atoms with van der Waals surface area (Å²) in [4.78, 5) is 15.4. The van der Waals surface area contributed by atoms with Crippen LogP contribution in [0, 0.1) is 0 Å². The molecule has 24 heavy (non-hydrogen) atoms. The summed E-state index contributed by atoms with van der Waals surface area (Å²) >= 11 is 0. The molecule has 2 rings (SSSR count). The first-order chi connectivity index (χ1) is 11.7. The van der Waals surface area contributed by atoms with Crippen LogP contribution in [0.2, 0.25) is 0 Å². The van der Waals surface area contributed by atoms with E-state index in [4.69, 9.17) is 5.73 Å². The topological polar surface area (TPSA) is 76.7 Å². The molecule has 5 nitrogen and oxygen atoms in total. The fourth-order valence-electron chi connectivity index (χ4n) is 3.05. The molecular weight excluding hydrogens is 302 g/mol. The molecule has 1 aromatic carbocycles. The molecule has 1 aromatic rings. The van der Waals surface area contributed by atoms with Gasteiger partial charge in [0, 0.05) is 18.7 Å². The van der Waals surface area contributed by atoms with E-state index in [1.54, 1.807) is 0 Å². The number of esters is 1. The second-order valence-electron chi connectivity index (χ2n) is 6.32. The van der Waals surface area contributed by atoms with Gasteiger partial charge in [0.1, 0.15) is 0 Å². The Hall–Kier alpha value is -2.04. The molecule has 5 heteroatoms. The predicted octanol–water partition coefficient (Wildman–Crippen LogP) is 3.42. The van der Waals surface area contributed by atoms with Crippen LogP contribution in [-0.4, -0.2) is 25.6 Å². The lowest BCUT2D eigenvalue weighted by molar-refractivity contribution is -0.140. The van der Waals surface area contributed by atoms with Crippen molar-refractivity contribution >= 4 is 17.6 Å². The molecule has 0 saturated carbocycles. The van der Waals surface area contributed by atoms with Crippen molar-refractivity contribution < 1.29 is 9.53 Å². The zero-order chi connectivity index (χ0) is 17.2. The standard InChI is InChI=1S/C19H29N3O2/c1-24-18(23)10-5-3-2-4-6-13-21-19(20)22-17-12-11-15-8-7-9-16(15)14-17/h11-12,14H,2-10,13H2,1H3,(H3,20,21,22). The van der Waals surface area contributed by atoms with Gasteiger partial charge in [-0.25, -0.2) is 0 Å². The largest absolute Gasteiger partial charge is 0.469 e. The molecule has 0 unspecified atom stereocenters. The molecule has 0 spiro atoms. The van der Waals surface area contributed by atoms with Gasteiger partial charge in [-0.05, 0) is 55.4 Å². The van der Waals surface area contributed by atoms with E-state index in [2.05, 4.69) is 33.2 Å². The first-order valence-corrected chi connectivity index (χ1v) is 8.94. The number of methoxy groups -OCH3 is 1. The first kappa shape index (κ1) is 18.3. The Labute approximate surface area is 144 Å². The number of guanidine groups is 1. The van der Waals surface area contributed by atoms with E-state index in [0.29, 0.717) is 12.4 Å². The highest BCUT2D eigenvalue weighted by molar-refractivity contribution is 5.92. The van der Waals surface area contributed by atoms with E-state index in [-0.39, 0.29) is 5.97 Å². The minimum atomic E-state index is -0.120. The molecule has 0 heterocycles. The predicted molar refractivity (Wildman–Crippen MR) is 98.3 cm³/mol. The van der Waals surface area contributed by atoms with Gasteiger partial charge in [-0.15, -0.1) is 0 Å². The van der Waals surface area contributed by atoms with Gasteiger partial charge >= 0.3 is 5.97 Å². The number of fused-ring (bicyclic) bond motifs is 1. The van der Waals surface area contributed by atoms with Crippen LogP contribution in [-0.2, 0) is 22.4 Å². The summed E-state index contributed by atoms with van der Waals surface area (Å²) < 4.78 is 4.62. The van der Waals surface area contributed by atoms with Crippen molar-refractivity contribution in [1.29, 1.82) is 0 Å². The molecule has 0 saturated heterocycles. The summed E-state index contributed by atoms with van der Waals surface area (Å²) in [7, 11) is 1.43. The van der Waals surface area contributed by atoms with Gasteiger partial charge in [0.2, 0.25) is 0 Å². The smallest absolute Gasteiger partial charge is 0.305 e. The Balaban J connectivity index is 1.58. The number of anilines is 1. The third kappa shape index (κ3) is 6.22. The highest BCUT2D eigenvalue weighted by Gasteiger charge is 2.10. The van der Waals surface area contributed by atoms with Gasteiger partial charge in [0.15, 0.2) is 5.96 Å². The molecule has 0 aliphatic heterocycles. The molecule has 132 valence electrons. The Kier molecular flexibility index (Phi) is 7.59. The van der Waals surface area contributed by atoms with Crippen LogP contribution in [0.4, 0.5) is 5.69 Å². The minimum absolute atomic E-state index is 0.120. The summed E-state index contributed by atoms with van der Waals surface area (Å²) in [5, 5.41) is 3.18. The molecule has 0 radical (unpaired) electrons. The molecule has 0 amide bonds.